The highest BCUT2D eigenvalue weighted by molar-refractivity contribution is 6.29. The smallest absolute Gasteiger partial charge is 0.271 e. The van der Waals surface area contributed by atoms with E-state index in [1.807, 2.05) is 19.1 Å². The molecular formula is C10H12ClN3O. The van der Waals surface area contributed by atoms with Gasteiger partial charge in [0.1, 0.15) is 10.8 Å². The number of nitrogens with zero attached hydrogens (tertiary/aromatic N) is 2. The maximum atomic E-state index is 11.4. The molecule has 1 aromatic rings. The van der Waals surface area contributed by atoms with Gasteiger partial charge in [-0.15, -0.1) is 0 Å². The maximum Gasteiger partial charge on any atom is 0.271 e. The van der Waals surface area contributed by atoms with Crippen LogP contribution >= 0.6 is 11.6 Å². The van der Waals surface area contributed by atoms with Crippen molar-refractivity contribution in [3.63, 3.8) is 0 Å². The van der Waals surface area contributed by atoms with E-state index in [0.29, 0.717) is 6.54 Å². The summed E-state index contributed by atoms with van der Waals surface area (Å²) in [5.74, 6) is -0.233. The largest absolute Gasteiger partial charge is 0.350 e. The maximum absolute atomic E-state index is 11.4. The van der Waals surface area contributed by atoms with Gasteiger partial charge in [0.15, 0.2) is 0 Å². The third-order valence-electron chi connectivity index (χ3n) is 1.69. The summed E-state index contributed by atoms with van der Waals surface area (Å²) in [5, 5.41) is 3.00. The minimum atomic E-state index is -0.233. The number of rotatable bonds is 4. The van der Waals surface area contributed by atoms with Crippen molar-refractivity contribution in [3.05, 3.63) is 35.4 Å². The Kier molecular flexibility index (Phi) is 4.77. The van der Waals surface area contributed by atoms with Crippen LogP contribution < -0.4 is 5.32 Å². The molecule has 1 rings (SSSR count). The molecule has 1 N–H and O–H groups in total. The average Bonchev–Trinajstić information content (AvgIpc) is 2.25. The second-order valence-electron chi connectivity index (χ2n) is 2.84. The summed E-state index contributed by atoms with van der Waals surface area (Å²) in [6.07, 6.45) is 7.43. The number of aromatic nitrogens is 2. The summed E-state index contributed by atoms with van der Waals surface area (Å²) in [6, 6.07) is 0. The number of halogens is 1. The number of allylic oxidation sites excluding steroid dienone is 1. The molecule has 4 nitrogen and oxygen atoms in total. The predicted octanol–water partition coefficient (Wildman–Crippen LogP) is 1.83. The monoisotopic (exact) mass is 225 g/mol. The molecule has 1 amide bonds. The highest BCUT2D eigenvalue weighted by Crippen LogP contribution is 2.00. The lowest BCUT2D eigenvalue weighted by atomic mass is 10.3. The molecule has 0 saturated carbocycles. The van der Waals surface area contributed by atoms with E-state index in [0.717, 1.165) is 6.42 Å². The zero-order chi connectivity index (χ0) is 11.1. The topological polar surface area (TPSA) is 54.9 Å². The van der Waals surface area contributed by atoms with Crippen LogP contribution in [0.1, 0.15) is 23.8 Å². The van der Waals surface area contributed by atoms with Gasteiger partial charge in [-0.2, -0.15) is 0 Å². The van der Waals surface area contributed by atoms with Gasteiger partial charge < -0.3 is 5.32 Å². The van der Waals surface area contributed by atoms with E-state index in [2.05, 4.69) is 15.3 Å². The van der Waals surface area contributed by atoms with Crippen LogP contribution in [0.25, 0.3) is 0 Å². The van der Waals surface area contributed by atoms with Gasteiger partial charge in [0.05, 0.1) is 12.4 Å². The van der Waals surface area contributed by atoms with Crippen molar-refractivity contribution in [2.75, 3.05) is 6.54 Å². The Labute approximate surface area is 93.4 Å². The van der Waals surface area contributed by atoms with Gasteiger partial charge in [-0.3, -0.25) is 4.79 Å². The number of carbonyl (C=O) groups is 1. The van der Waals surface area contributed by atoms with Crippen molar-refractivity contribution in [3.8, 4) is 0 Å². The zero-order valence-electron chi connectivity index (χ0n) is 8.40. The molecule has 0 aliphatic rings. The first-order valence-corrected chi connectivity index (χ1v) is 4.98. The summed E-state index contributed by atoms with van der Waals surface area (Å²) in [6.45, 7) is 2.53. The Morgan fingerprint density at radius 2 is 2.33 bits per heavy atom. The van der Waals surface area contributed by atoms with Crippen molar-refractivity contribution < 1.29 is 4.79 Å². The van der Waals surface area contributed by atoms with Gasteiger partial charge in [-0.25, -0.2) is 9.97 Å². The number of amides is 1. The zero-order valence-corrected chi connectivity index (χ0v) is 9.16. The molecule has 0 aliphatic heterocycles. The molecule has 0 fully saturated rings. The lowest BCUT2D eigenvalue weighted by Gasteiger charge is -2.01. The molecule has 0 radical (unpaired) electrons. The van der Waals surface area contributed by atoms with E-state index in [9.17, 15) is 4.79 Å². The van der Waals surface area contributed by atoms with Crippen molar-refractivity contribution >= 4 is 17.5 Å². The van der Waals surface area contributed by atoms with Crippen molar-refractivity contribution in [1.29, 1.82) is 0 Å². The fourth-order valence-corrected chi connectivity index (χ4v) is 1.05. The lowest BCUT2D eigenvalue weighted by Crippen LogP contribution is -2.25. The van der Waals surface area contributed by atoms with Crippen molar-refractivity contribution in [2.24, 2.45) is 0 Å². The van der Waals surface area contributed by atoms with Gasteiger partial charge >= 0.3 is 0 Å². The minimum Gasteiger partial charge on any atom is -0.350 e. The third-order valence-corrected chi connectivity index (χ3v) is 1.88. The molecule has 0 saturated heterocycles. The lowest BCUT2D eigenvalue weighted by molar-refractivity contribution is 0.0949. The fourth-order valence-electron chi connectivity index (χ4n) is 0.956. The first-order chi connectivity index (χ1) is 7.24. The second-order valence-corrected chi connectivity index (χ2v) is 3.23. The molecule has 0 unspecified atom stereocenters. The Hall–Kier alpha value is -1.42. The first-order valence-electron chi connectivity index (χ1n) is 4.61. The summed E-state index contributed by atoms with van der Waals surface area (Å²) >= 11 is 5.55. The van der Waals surface area contributed by atoms with Gasteiger partial charge in [0, 0.05) is 6.54 Å². The average molecular weight is 226 g/mol. The molecule has 0 atom stereocenters. The van der Waals surface area contributed by atoms with E-state index < -0.39 is 0 Å². The summed E-state index contributed by atoms with van der Waals surface area (Å²) in [7, 11) is 0. The number of hydrogen-bond donors (Lipinski definition) is 1. The van der Waals surface area contributed by atoms with Gasteiger partial charge in [-0.05, 0) is 13.3 Å². The number of nitrogens with one attached hydrogen (secondary N) is 1. The van der Waals surface area contributed by atoms with Crippen LogP contribution in [-0.4, -0.2) is 22.4 Å². The molecule has 0 spiro atoms. The van der Waals surface area contributed by atoms with E-state index in [4.69, 9.17) is 11.6 Å². The predicted molar refractivity (Wildman–Crippen MR) is 58.8 cm³/mol. The van der Waals surface area contributed by atoms with E-state index in [1.165, 1.54) is 12.4 Å². The molecule has 0 bridgehead atoms. The van der Waals surface area contributed by atoms with Crippen molar-refractivity contribution in [2.45, 2.75) is 13.3 Å². The molecule has 0 aliphatic carbocycles. The third kappa shape index (κ3) is 4.08. The van der Waals surface area contributed by atoms with Crippen LogP contribution in [0, 0.1) is 0 Å². The quantitative estimate of drug-likeness (QED) is 0.628. The molecule has 5 heteroatoms. The molecule has 1 heterocycles. The molecule has 15 heavy (non-hydrogen) atoms. The van der Waals surface area contributed by atoms with Crippen molar-refractivity contribution in [1.82, 2.24) is 15.3 Å². The summed E-state index contributed by atoms with van der Waals surface area (Å²) in [5.41, 5.74) is 0.278. The Morgan fingerprint density at radius 3 is 2.93 bits per heavy atom. The standard InChI is InChI=1S/C10H12ClN3O/c1-2-3-4-5-12-10(15)8-6-14-9(11)7-13-8/h2-3,6-7H,4-5H2,1H3,(H,12,15)/b3-2+. The molecule has 1 aromatic heterocycles. The van der Waals surface area contributed by atoms with Crippen LogP contribution in [0.5, 0.6) is 0 Å². The SMILES string of the molecule is C/C=C/CCNC(=O)c1cnc(Cl)cn1. The number of carbonyl (C=O) groups excluding carboxylic acids is 1. The van der Waals surface area contributed by atoms with Gasteiger partial charge in [0.2, 0.25) is 0 Å². The molecule has 0 aromatic carbocycles. The van der Waals surface area contributed by atoms with Crippen LogP contribution in [0.4, 0.5) is 0 Å². The summed E-state index contributed by atoms with van der Waals surface area (Å²) < 4.78 is 0. The van der Waals surface area contributed by atoms with E-state index in [1.54, 1.807) is 0 Å². The summed E-state index contributed by atoms with van der Waals surface area (Å²) in [4.78, 5) is 19.1. The Bertz CT molecular complexity index is 348. The van der Waals surface area contributed by atoms with Gasteiger partial charge in [0.25, 0.3) is 5.91 Å². The van der Waals surface area contributed by atoms with Crippen LogP contribution in [-0.2, 0) is 0 Å². The van der Waals surface area contributed by atoms with Gasteiger partial charge in [-0.1, -0.05) is 23.8 Å². The highest BCUT2D eigenvalue weighted by atomic mass is 35.5. The normalized spacial score (nSPS) is 10.5. The van der Waals surface area contributed by atoms with Crippen LogP contribution in [0.2, 0.25) is 5.15 Å². The number of hydrogen-bond acceptors (Lipinski definition) is 3. The Balaban J connectivity index is 2.43. The Morgan fingerprint density at radius 1 is 1.53 bits per heavy atom. The van der Waals surface area contributed by atoms with E-state index in [-0.39, 0.29) is 16.8 Å². The fraction of sp³-hybridized carbons (Fsp3) is 0.300. The first kappa shape index (κ1) is 11.7. The van der Waals surface area contributed by atoms with Crippen LogP contribution in [0.15, 0.2) is 24.5 Å². The molecular weight excluding hydrogens is 214 g/mol. The van der Waals surface area contributed by atoms with E-state index >= 15 is 0 Å². The van der Waals surface area contributed by atoms with Crippen LogP contribution in [0.3, 0.4) is 0 Å². The molecule has 80 valence electrons. The highest BCUT2D eigenvalue weighted by Gasteiger charge is 2.05. The minimum absolute atomic E-state index is 0.233. The second kappa shape index (κ2) is 6.14.